The van der Waals surface area contributed by atoms with E-state index in [1.165, 1.54) is 19.6 Å². The molecule has 0 aliphatic carbocycles. The number of piperazine rings is 1. The lowest BCUT2D eigenvalue weighted by Gasteiger charge is -2.35. The molecular formula is C9H22N2. The molecule has 2 heteroatoms. The van der Waals surface area contributed by atoms with Gasteiger partial charge in [0.15, 0.2) is 0 Å². The maximum atomic E-state index is 2.40. The minimum Gasteiger partial charge on any atom is -0.304 e. The molecule has 0 spiro atoms. The van der Waals surface area contributed by atoms with Gasteiger partial charge in [0.05, 0.1) is 0 Å². The first kappa shape index (κ1) is 10.9. The highest BCUT2D eigenvalue weighted by molar-refractivity contribution is 4.73. The van der Waals surface area contributed by atoms with Gasteiger partial charge in [0.2, 0.25) is 0 Å². The van der Waals surface area contributed by atoms with Crippen LogP contribution in [0.25, 0.3) is 0 Å². The number of hydrogen-bond donors (Lipinski definition) is 0. The summed E-state index contributed by atoms with van der Waals surface area (Å²) in [4.78, 5) is 4.78. The van der Waals surface area contributed by atoms with Crippen LogP contribution >= 0.6 is 0 Å². The van der Waals surface area contributed by atoms with Crippen molar-refractivity contribution >= 4 is 0 Å². The Morgan fingerprint density at radius 2 is 1.64 bits per heavy atom. The van der Waals surface area contributed by atoms with Crippen LogP contribution in [0, 0.1) is 0 Å². The average Bonchev–Trinajstić information content (AvgIpc) is 2.02. The highest BCUT2D eigenvalue weighted by Crippen LogP contribution is 2.03. The fourth-order valence-corrected chi connectivity index (χ4v) is 1.23. The minimum atomic E-state index is 0.740. The van der Waals surface area contributed by atoms with Gasteiger partial charge in [-0.25, -0.2) is 0 Å². The van der Waals surface area contributed by atoms with Crippen molar-refractivity contribution in [1.29, 1.82) is 0 Å². The Balaban J connectivity index is 0.000000461. The van der Waals surface area contributed by atoms with Gasteiger partial charge in [-0.1, -0.05) is 13.8 Å². The van der Waals surface area contributed by atoms with Gasteiger partial charge in [0.25, 0.3) is 0 Å². The monoisotopic (exact) mass is 158 g/mol. The summed E-state index contributed by atoms with van der Waals surface area (Å²) >= 11 is 0. The summed E-state index contributed by atoms with van der Waals surface area (Å²) in [5.41, 5.74) is 0. The molecule has 1 atom stereocenters. The van der Waals surface area contributed by atoms with Crippen LogP contribution in [-0.2, 0) is 0 Å². The number of rotatable bonds is 0. The van der Waals surface area contributed by atoms with Crippen LogP contribution in [-0.4, -0.2) is 49.6 Å². The molecule has 2 nitrogen and oxygen atoms in total. The van der Waals surface area contributed by atoms with Gasteiger partial charge in [0.1, 0.15) is 0 Å². The van der Waals surface area contributed by atoms with Crippen molar-refractivity contribution in [3.05, 3.63) is 0 Å². The lowest BCUT2D eigenvalue weighted by molar-refractivity contribution is 0.125. The largest absolute Gasteiger partial charge is 0.304 e. The van der Waals surface area contributed by atoms with Crippen molar-refractivity contribution in [2.75, 3.05) is 33.7 Å². The van der Waals surface area contributed by atoms with E-state index >= 15 is 0 Å². The second kappa shape index (κ2) is 5.56. The van der Waals surface area contributed by atoms with Crippen LogP contribution in [0.1, 0.15) is 20.8 Å². The van der Waals surface area contributed by atoms with Crippen LogP contribution < -0.4 is 0 Å². The Bertz CT molecular complexity index is 93.6. The van der Waals surface area contributed by atoms with Crippen molar-refractivity contribution in [3.8, 4) is 0 Å². The Kier molecular flexibility index (Phi) is 5.51. The third-order valence-corrected chi connectivity index (χ3v) is 2.16. The third-order valence-electron chi connectivity index (χ3n) is 2.16. The molecule has 0 aromatic rings. The first-order chi connectivity index (χ1) is 5.20. The highest BCUT2D eigenvalue weighted by atomic mass is 15.3. The van der Waals surface area contributed by atoms with Gasteiger partial charge in [0, 0.05) is 25.7 Å². The van der Waals surface area contributed by atoms with Crippen molar-refractivity contribution < 1.29 is 0 Å². The molecule has 0 aromatic heterocycles. The normalized spacial score (nSPS) is 27.5. The molecule has 0 amide bonds. The fraction of sp³-hybridized carbons (Fsp3) is 1.00. The van der Waals surface area contributed by atoms with E-state index in [0.717, 1.165) is 6.04 Å². The molecule has 68 valence electrons. The van der Waals surface area contributed by atoms with E-state index in [1.807, 2.05) is 13.8 Å². The van der Waals surface area contributed by atoms with Crippen LogP contribution in [0.5, 0.6) is 0 Å². The van der Waals surface area contributed by atoms with E-state index in [1.54, 1.807) is 0 Å². The van der Waals surface area contributed by atoms with Crippen LogP contribution in [0.4, 0.5) is 0 Å². The van der Waals surface area contributed by atoms with Crippen LogP contribution in [0.3, 0.4) is 0 Å². The fourth-order valence-electron chi connectivity index (χ4n) is 1.23. The quantitative estimate of drug-likeness (QED) is 0.524. The summed E-state index contributed by atoms with van der Waals surface area (Å²) in [6, 6.07) is 0.740. The Morgan fingerprint density at radius 3 is 2.00 bits per heavy atom. The zero-order valence-electron chi connectivity index (χ0n) is 8.59. The molecule has 1 saturated heterocycles. The summed E-state index contributed by atoms with van der Waals surface area (Å²) in [6.45, 7) is 9.94. The van der Waals surface area contributed by atoms with E-state index in [9.17, 15) is 0 Å². The zero-order chi connectivity index (χ0) is 8.85. The first-order valence-electron chi connectivity index (χ1n) is 4.59. The van der Waals surface area contributed by atoms with Gasteiger partial charge >= 0.3 is 0 Å². The predicted octanol–water partition coefficient (Wildman–Crippen LogP) is 1.28. The Morgan fingerprint density at radius 1 is 1.09 bits per heavy atom. The summed E-state index contributed by atoms with van der Waals surface area (Å²) < 4.78 is 0. The molecule has 0 N–H and O–H groups in total. The highest BCUT2D eigenvalue weighted by Gasteiger charge is 2.16. The van der Waals surface area contributed by atoms with Crippen molar-refractivity contribution in [2.45, 2.75) is 26.8 Å². The van der Waals surface area contributed by atoms with Crippen LogP contribution in [0.2, 0.25) is 0 Å². The second-order valence-electron chi connectivity index (χ2n) is 3.09. The topological polar surface area (TPSA) is 6.48 Å². The maximum Gasteiger partial charge on any atom is 0.0192 e. The van der Waals surface area contributed by atoms with Crippen molar-refractivity contribution in [1.82, 2.24) is 9.80 Å². The van der Waals surface area contributed by atoms with E-state index in [-0.39, 0.29) is 0 Å². The van der Waals surface area contributed by atoms with E-state index in [4.69, 9.17) is 0 Å². The summed E-state index contributed by atoms with van der Waals surface area (Å²) in [6.07, 6.45) is 0. The molecular weight excluding hydrogens is 136 g/mol. The van der Waals surface area contributed by atoms with Crippen molar-refractivity contribution in [2.24, 2.45) is 0 Å². The summed E-state index contributed by atoms with van der Waals surface area (Å²) in [5, 5.41) is 0. The van der Waals surface area contributed by atoms with E-state index < -0.39 is 0 Å². The van der Waals surface area contributed by atoms with Gasteiger partial charge in [-0.15, -0.1) is 0 Å². The molecule has 0 bridgehead atoms. The predicted molar refractivity (Wildman–Crippen MR) is 50.9 cm³/mol. The Labute approximate surface area is 71.2 Å². The molecule has 1 aliphatic heterocycles. The molecule has 1 heterocycles. The molecule has 0 aromatic carbocycles. The first-order valence-corrected chi connectivity index (χ1v) is 4.59. The SMILES string of the molecule is CC.CC1CN(C)CCN1C. The number of hydrogen-bond acceptors (Lipinski definition) is 2. The molecule has 0 radical (unpaired) electrons. The number of likely N-dealkylation sites (N-methyl/N-ethyl adjacent to an activating group) is 2. The lowest BCUT2D eigenvalue weighted by atomic mass is 10.2. The standard InChI is InChI=1S/C7H16N2.C2H6/c1-7-6-8(2)4-5-9(7)3;1-2/h7H,4-6H2,1-3H3;1-2H3. The summed E-state index contributed by atoms with van der Waals surface area (Å²) in [7, 11) is 4.38. The van der Waals surface area contributed by atoms with Gasteiger partial charge in [-0.2, -0.15) is 0 Å². The average molecular weight is 158 g/mol. The molecule has 1 rings (SSSR count). The second-order valence-corrected chi connectivity index (χ2v) is 3.09. The van der Waals surface area contributed by atoms with Crippen LogP contribution in [0.15, 0.2) is 0 Å². The Hall–Kier alpha value is -0.0800. The number of nitrogens with zero attached hydrogens (tertiary/aromatic N) is 2. The molecule has 1 unspecified atom stereocenters. The van der Waals surface area contributed by atoms with Gasteiger partial charge in [-0.3, -0.25) is 0 Å². The van der Waals surface area contributed by atoms with E-state index in [0.29, 0.717) is 0 Å². The smallest absolute Gasteiger partial charge is 0.0192 e. The van der Waals surface area contributed by atoms with Gasteiger partial charge in [-0.05, 0) is 21.0 Å². The molecule has 0 saturated carbocycles. The molecule has 1 fully saturated rings. The lowest BCUT2D eigenvalue weighted by Crippen LogP contribution is -2.48. The maximum absolute atomic E-state index is 2.40. The molecule has 11 heavy (non-hydrogen) atoms. The third kappa shape index (κ3) is 3.73. The summed E-state index contributed by atoms with van der Waals surface area (Å²) in [5.74, 6) is 0. The van der Waals surface area contributed by atoms with E-state index in [2.05, 4.69) is 30.8 Å². The molecule has 1 aliphatic rings. The van der Waals surface area contributed by atoms with Gasteiger partial charge < -0.3 is 9.80 Å². The van der Waals surface area contributed by atoms with Crippen molar-refractivity contribution in [3.63, 3.8) is 0 Å². The zero-order valence-corrected chi connectivity index (χ0v) is 8.59. The minimum absolute atomic E-state index is 0.740.